The molecule has 0 fully saturated rings. The molecule has 0 saturated carbocycles. The SMILES string of the molecule is c1ccc(-c2ccc(-c3ccc(N(c4ccc(-c5ccc6c(sc7ccccc76)c5-c5ccc(-c6ccccc6)cc5)cc4)c4ccccc4-c4ccccc4)cc3)cc2)cc1. The number of para-hydroxylation sites is 1. The van der Waals surface area contributed by atoms with Gasteiger partial charge in [-0.2, -0.15) is 0 Å². The van der Waals surface area contributed by atoms with Crippen molar-refractivity contribution in [2.75, 3.05) is 4.90 Å². The van der Waals surface area contributed by atoms with Crippen molar-refractivity contribution in [2.24, 2.45) is 0 Å². The Labute approximate surface area is 367 Å². The lowest BCUT2D eigenvalue weighted by atomic mass is 9.91. The maximum atomic E-state index is 2.40. The van der Waals surface area contributed by atoms with Gasteiger partial charge in [-0.1, -0.05) is 212 Å². The van der Waals surface area contributed by atoms with Crippen LogP contribution in [-0.2, 0) is 0 Å². The van der Waals surface area contributed by atoms with E-state index in [2.05, 4.69) is 254 Å². The maximum Gasteiger partial charge on any atom is 0.0540 e. The first-order valence-corrected chi connectivity index (χ1v) is 22.0. The fraction of sp³-hybridized carbons (Fsp3) is 0. The normalized spacial score (nSPS) is 11.2. The van der Waals surface area contributed by atoms with Gasteiger partial charge in [-0.15, -0.1) is 11.3 Å². The van der Waals surface area contributed by atoms with E-state index in [1.54, 1.807) is 0 Å². The zero-order valence-electron chi connectivity index (χ0n) is 34.0. The lowest BCUT2D eigenvalue weighted by Gasteiger charge is -2.28. The Morgan fingerprint density at radius 1 is 0.258 bits per heavy atom. The molecule has 2 heteroatoms. The van der Waals surface area contributed by atoms with Gasteiger partial charge in [0.2, 0.25) is 0 Å². The van der Waals surface area contributed by atoms with Crippen LogP contribution in [0.1, 0.15) is 0 Å². The van der Waals surface area contributed by atoms with Crippen molar-refractivity contribution < 1.29 is 0 Å². The Bertz CT molecular complexity index is 3280. The van der Waals surface area contributed by atoms with E-state index in [0.717, 1.165) is 17.1 Å². The van der Waals surface area contributed by atoms with Gasteiger partial charge in [-0.3, -0.25) is 0 Å². The highest BCUT2D eigenvalue weighted by atomic mass is 32.1. The second-order valence-corrected chi connectivity index (χ2v) is 16.7. The van der Waals surface area contributed by atoms with Crippen molar-refractivity contribution in [3.05, 3.63) is 249 Å². The smallest absolute Gasteiger partial charge is 0.0540 e. The lowest BCUT2D eigenvalue weighted by Crippen LogP contribution is -2.11. The maximum absolute atomic E-state index is 2.40. The Morgan fingerprint density at radius 2 is 0.661 bits per heavy atom. The van der Waals surface area contributed by atoms with Crippen LogP contribution in [-0.4, -0.2) is 0 Å². The van der Waals surface area contributed by atoms with Gasteiger partial charge in [-0.05, 0) is 92.0 Å². The van der Waals surface area contributed by atoms with Crippen molar-refractivity contribution >= 4 is 48.6 Å². The Kier molecular flexibility index (Phi) is 9.82. The quantitative estimate of drug-likeness (QED) is 0.140. The molecule has 11 rings (SSSR count). The molecule has 0 unspecified atom stereocenters. The molecule has 0 bridgehead atoms. The summed E-state index contributed by atoms with van der Waals surface area (Å²) in [6.07, 6.45) is 0. The summed E-state index contributed by atoms with van der Waals surface area (Å²) < 4.78 is 2.62. The standard InChI is InChI=1S/C60H41NS/c1-4-14-42(15-5-1)44-24-26-46(27-25-44)47-32-36-51(37-33-47)61(57-22-12-10-20-53(57)48-18-8-3-9-19-48)52-38-34-49(35-39-52)54-40-41-56-55-21-11-13-23-58(55)62-60(56)59(54)50-30-28-45(29-31-50)43-16-6-2-7-17-43/h1-41H. The highest BCUT2D eigenvalue weighted by molar-refractivity contribution is 7.26. The van der Waals surface area contributed by atoms with Gasteiger partial charge in [0.05, 0.1) is 5.69 Å². The van der Waals surface area contributed by atoms with Crippen molar-refractivity contribution in [1.82, 2.24) is 0 Å². The van der Waals surface area contributed by atoms with Crippen LogP contribution < -0.4 is 4.90 Å². The summed E-state index contributed by atoms with van der Waals surface area (Å²) in [4.78, 5) is 2.40. The molecular weight excluding hydrogens is 767 g/mol. The van der Waals surface area contributed by atoms with E-state index < -0.39 is 0 Å². The van der Waals surface area contributed by atoms with Crippen molar-refractivity contribution in [1.29, 1.82) is 0 Å². The van der Waals surface area contributed by atoms with Gasteiger partial charge in [0.15, 0.2) is 0 Å². The molecule has 0 aliphatic heterocycles. The third-order valence-corrected chi connectivity index (χ3v) is 13.1. The fourth-order valence-electron chi connectivity index (χ4n) is 8.81. The molecule has 0 radical (unpaired) electrons. The summed E-state index contributed by atoms with van der Waals surface area (Å²) in [6, 6.07) is 90.2. The van der Waals surface area contributed by atoms with E-state index in [1.165, 1.54) is 86.9 Å². The van der Waals surface area contributed by atoms with Gasteiger partial charge in [-0.25, -0.2) is 0 Å². The zero-order valence-corrected chi connectivity index (χ0v) is 34.8. The molecule has 0 spiro atoms. The third-order valence-electron chi connectivity index (χ3n) is 11.9. The molecule has 1 aromatic heterocycles. The van der Waals surface area contributed by atoms with Crippen LogP contribution in [0.5, 0.6) is 0 Å². The molecule has 292 valence electrons. The van der Waals surface area contributed by atoms with Gasteiger partial charge >= 0.3 is 0 Å². The second-order valence-electron chi connectivity index (χ2n) is 15.7. The van der Waals surface area contributed by atoms with E-state index in [1.807, 2.05) is 11.3 Å². The number of nitrogens with zero attached hydrogens (tertiary/aromatic N) is 1. The zero-order chi connectivity index (χ0) is 41.2. The molecule has 1 heterocycles. The largest absolute Gasteiger partial charge is 0.310 e. The minimum absolute atomic E-state index is 1.09. The minimum atomic E-state index is 1.09. The molecule has 0 saturated heterocycles. The number of hydrogen-bond donors (Lipinski definition) is 0. The molecule has 0 aliphatic rings. The molecule has 0 N–H and O–H groups in total. The van der Waals surface area contributed by atoms with Crippen LogP contribution >= 0.6 is 11.3 Å². The number of thiophene rings is 1. The van der Waals surface area contributed by atoms with Crippen LogP contribution in [0.25, 0.3) is 86.9 Å². The van der Waals surface area contributed by atoms with Crippen molar-refractivity contribution in [3.63, 3.8) is 0 Å². The first kappa shape index (κ1) is 37.2. The molecule has 0 amide bonds. The van der Waals surface area contributed by atoms with Crippen LogP contribution in [0.2, 0.25) is 0 Å². The molecule has 62 heavy (non-hydrogen) atoms. The van der Waals surface area contributed by atoms with Crippen LogP contribution in [0.15, 0.2) is 249 Å². The van der Waals surface area contributed by atoms with Crippen molar-refractivity contribution in [3.8, 4) is 66.8 Å². The first-order chi connectivity index (χ1) is 30.7. The monoisotopic (exact) mass is 807 g/mol. The number of fused-ring (bicyclic) bond motifs is 3. The molecule has 11 aromatic rings. The Balaban J connectivity index is 1.01. The topological polar surface area (TPSA) is 3.24 Å². The number of hydrogen-bond acceptors (Lipinski definition) is 2. The van der Waals surface area contributed by atoms with E-state index in [-0.39, 0.29) is 0 Å². The highest BCUT2D eigenvalue weighted by Gasteiger charge is 2.20. The molecular formula is C60H41NS. The summed E-state index contributed by atoms with van der Waals surface area (Å²) in [6.45, 7) is 0. The van der Waals surface area contributed by atoms with Crippen LogP contribution in [0.3, 0.4) is 0 Å². The summed E-state index contributed by atoms with van der Waals surface area (Å²) in [5.74, 6) is 0. The summed E-state index contributed by atoms with van der Waals surface area (Å²) in [5, 5.41) is 2.60. The summed E-state index contributed by atoms with van der Waals surface area (Å²) in [5.41, 5.74) is 17.8. The predicted octanol–water partition coefficient (Wildman–Crippen LogP) is 17.5. The molecule has 0 aliphatic carbocycles. The molecule has 1 nitrogen and oxygen atoms in total. The van der Waals surface area contributed by atoms with E-state index in [4.69, 9.17) is 0 Å². The van der Waals surface area contributed by atoms with Crippen molar-refractivity contribution in [2.45, 2.75) is 0 Å². The predicted molar refractivity (Wildman–Crippen MR) is 267 cm³/mol. The van der Waals surface area contributed by atoms with Crippen LogP contribution in [0.4, 0.5) is 17.1 Å². The Morgan fingerprint density at radius 3 is 1.23 bits per heavy atom. The van der Waals surface area contributed by atoms with Gasteiger partial charge in [0.25, 0.3) is 0 Å². The van der Waals surface area contributed by atoms with Gasteiger partial charge in [0, 0.05) is 42.7 Å². The molecule has 10 aromatic carbocycles. The van der Waals surface area contributed by atoms with Gasteiger partial charge in [0.1, 0.15) is 0 Å². The third kappa shape index (κ3) is 7.07. The van der Waals surface area contributed by atoms with E-state index in [0.29, 0.717) is 0 Å². The summed E-state index contributed by atoms with van der Waals surface area (Å²) in [7, 11) is 0. The van der Waals surface area contributed by atoms with Gasteiger partial charge < -0.3 is 4.90 Å². The number of anilines is 3. The number of rotatable bonds is 9. The highest BCUT2D eigenvalue weighted by Crippen LogP contribution is 2.47. The Hall–Kier alpha value is -7.78. The summed E-state index contributed by atoms with van der Waals surface area (Å²) >= 11 is 1.89. The molecule has 0 atom stereocenters. The minimum Gasteiger partial charge on any atom is -0.310 e. The van der Waals surface area contributed by atoms with Crippen LogP contribution in [0, 0.1) is 0 Å². The first-order valence-electron chi connectivity index (χ1n) is 21.2. The average molecular weight is 808 g/mol. The number of benzene rings is 10. The fourth-order valence-corrected chi connectivity index (χ4v) is 10.1. The second kappa shape index (κ2) is 16.3. The van der Waals surface area contributed by atoms with E-state index >= 15 is 0 Å². The average Bonchev–Trinajstić information content (AvgIpc) is 3.74. The lowest BCUT2D eigenvalue weighted by molar-refractivity contribution is 1.28. The van der Waals surface area contributed by atoms with E-state index in [9.17, 15) is 0 Å².